The molecule has 0 amide bonds. The number of carboxylic acids is 1. The van der Waals surface area contributed by atoms with E-state index in [1.54, 1.807) is 0 Å². The molecule has 0 aliphatic rings. The van der Waals surface area contributed by atoms with Crippen LogP contribution in [0.1, 0.15) is 13.8 Å². The first-order valence-electron chi connectivity index (χ1n) is 2.95. The largest absolute Gasteiger partial charge is 0.478 e. The zero-order valence-electron chi connectivity index (χ0n) is 6.30. The van der Waals surface area contributed by atoms with Crippen LogP contribution in [0.5, 0.6) is 0 Å². The molecule has 0 atom stereocenters. The lowest BCUT2D eigenvalue weighted by molar-refractivity contribution is -0.131. The number of hydrogen-bond acceptors (Lipinski definition) is 1. The third-order valence-electron chi connectivity index (χ3n) is 0.483. The number of carbonyl (C=O) groups is 1. The molecule has 2 nitrogen and oxygen atoms in total. The summed E-state index contributed by atoms with van der Waals surface area (Å²) in [6.45, 7) is 7.14. The van der Waals surface area contributed by atoms with Crippen LogP contribution < -0.4 is 0 Å². The molecule has 0 fully saturated rings. The average molecular weight is 165 g/mol. The van der Waals surface area contributed by atoms with Crippen LogP contribution in [0, 0.1) is 5.92 Å². The lowest BCUT2D eigenvalue weighted by atomic mass is 10.3. The first-order chi connectivity index (χ1) is 4.54. The zero-order valence-corrected chi connectivity index (χ0v) is 7.06. The molecule has 0 bridgehead atoms. The topological polar surface area (TPSA) is 37.3 Å². The normalized spacial score (nSPS) is 8.00. The van der Waals surface area contributed by atoms with Gasteiger partial charge in [0.1, 0.15) is 0 Å². The van der Waals surface area contributed by atoms with Gasteiger partial charge in [-0.15, -0.1) is 11.6 Å². The molecule has 0 unspecified atom stereocenters. The Labute approximate surface area is 66.5 Å². The molecule has 3 heteroatoms. The smallest absolute Gasteiger partial charge is 0.327 e. The van der Waals surface area contributed by atoms with Gasteiger partial charge < -0.3 is 5.11 Å². The van der Waals surface area contributed by atoms with Crippen LogP contribution in [0.2, 0.25) is 0 Å². The Kier molecular flexibility index (Phi) is 10.4. The number of rotatable bonds is 2. The number of carboxylic acid groups (broad SMARTS) is 1. The molecule has 0 aliphatic carbocycles. The molecule has 0 aliphatic heterocycles. The number of halogens is 1. The van der Waals surface area contributed by atoms with Gasteiger partial charge in [-0.3, -0.25) is 0 Å². The van der Waals surface area contributed by atoms with Crippen LogP contribution in [0.3, 0.4) is 0 Å². The van der Waals surface area contributed by atoms with Crippen molar-refractivity contribution in [1.82, 2.24) is 0 Å². The van der Waals surface area contributed by atoms with E-state index in [-0.39, 0.29) is 0 Å². The van der Waals surface area contributed by atoms with Crippen molar-refractivity contribution in [2.24, 2.45) is 5.92 Å². The molecule has 0 saturated carbocycles. The van der Waals surface area contributed by atoms with E-state index in [9.17, 15) is 4.79 Å². The summed E-state index contributed by atoms with van der Waals surface area (Å²) in [6.07, 6.45) is 0.833. The summed E-state index contributed by atoms with van der Waals surface area (Å²) in [7, 11) is 0. The fourth-order valence-corrected chi connectivity index (χ4v) is 0. The molecule has 0 radical (unpaired) electrons. The highest BCUT2D eigenvalue weighted by molar-refractivity contribution is 6.17. The molecular weight excluding hydrogens is 152 g/mol. The zero-order chi connectivity index (χ0) is 8.57. The summed E-state index contributed by atoms with van der Waals surface area (Å²) in [4.78, 5) is 9.25. The van der Waals surface area contributed by atoms with Gasteiger partial charge in [0.15, 0.2) is 0 Å². The Morgan fingerprint density at radius 1 is 1.80 bits per heavy atom. The van der Waals surface area contributed by atoms with Crippen molar-refractivity contribution in [3.8, 4) is 0 Å². The number of aliphatic carboxylic acids is 1. The molecular formula is C7H13ClO2. The van der Waals surface area contributed by atoms with Crippen LogP contribution in [0.4, 0.5) is 0 Å². The van der Waals surface area contributed by atoms with E-state index in [1.807, 2.05) is 0 Å². The summed E-state index contributed by atoms with van der Waals surface area (Å²) >= 11 is 5.34. The van der Waals surface area contributed by atoms with Gasteiger partial charge in [0.05, 0.1) is 0 Å². The second-order valence-corrected chi connectivity index (χ2v) is 2.40. The van der Waals surface area contributed by atoms with Gasteiger partial charge in [-0.05, 0) is 5.92 Å². The van der Waals surface area contributed by atoms with E-state index >= 15 is 0 Å². The maximum Gasteiger partial charge on any atom is 0.327 e. The fourth-order valence-electron chi connectivity index (χ4n) is 0. The summed E-state index contributed by atoms with van der Waals surface area (Å²) in [5.41, 5.74) is 0. The highest BCUT2D eigenvalue weighted by atomic mass is 35.5. The third-order valence-corrected chi connectivity index (χ3v) is 1.10. The minimum absolute atomic E-state index is 0.650. The van der Waals surface area contributed by atoms with E-state index in [2.05, 4.69) is 20.4 Å². The Morgan fingerprint density at radius 3 is 2.00 bits per heavy atom. The maximum absolute atomic E-state index is 9.25. The summed E-state index contributed by atoms with van der Waals surface area (Å²) in [5, 5.41) is 7.60. The third kappa shape index (κ3) is 25.9. The average Bonchev–Trinajstić information content (AvgIpc) is 1.89. The summed E-state index contributed by atoms with van der Waals surface area (Å²) < 4.78 is 0. The lowest BCUT2D eigenvalue weighted by Gasteiger charge is -1.88. The van der Waals surface area contributed by atoms with Gasteiger partial charge in [-0.1, -0.05) is 20.4 Å². The van der Waals surface area contributed by atoms with Gasteiger partial charge in [0.2, 0.25) is 0 Å². The predicted molar refractivity (Wildman–Crippen MR) is 43.4 cm³/mol. The van der Waals surface area contributed by atoms with Crippen LogP contribution in [-0.2, 0) is 4.79 Å². The predicted octanol–water partition coefficient (Wildman–Crippen LogP) is 2.14. The van der Waals surface area contributed by atoms with Gasteiger partial charge in [0, 0.05) is 12.0 Å². The number of hydrogen-bond donors (Lipinski definition) is 1. The van der Waals surface area contributed by atoms with Gasteiger partial charge in [-0.25, -0.2) is 4.79 Å². The van der Waals surface area contributed by atoms with Crippen LogP contribution >= 0.6 is 11.6 Å². The SMILES string of the molecule is C=CC(=O)O.CC(C)CCl. The van der Waals surface area contributed by atoms with E-state index in [0.29, 0.717) is 5.92 Å². The minimum atomic E-state index is -0.981. The molecule has 0 aromatic rings. The number of alkyl halides is 1. The Bertz CT molecular complexity index is 99.8. The first-order valence-corrected chi connectivity index (χ1v) is 3.49. The van der Waals surface area contributed by atoms with E-state index in [1.165, 1.54) is 0 Å². The fraction of sp³-hybridized carbons (Fsp3) is 0.571. The van der Waals surface area contributed by atoms with Crippen molar-refractivity contribution < 1.29 is 9.90 Å². The molecule has 1 N–H and O–H groups in total. The van der Waals surface area contributed by atoms with Crippen molar-refractivity contribution >= 4 is 17.6 Å². The standard InChI is InChI=1S/C4H9Cl.C3H4O2/c1-4(2)3-5;1-2-3(4)5/h4H,3H2,1-2H3;2H,1H2,(H,4,5). The van der Waals surface area contributed by atoms with Crippen molar-refractivity contribution in [3.63, 3.8) is 0 Å². The Morgan fingerprint density at radius 2 is 2.00 bits per heavy atom. The van der Waals surface area contributed by atoms with Crippen LogP contribution in [0.15, 0.2) is 12.7 Å². The van der Waals surface area contributed by atoms with E-state index < -0.39 is 5.97 Å². The molecule has 0 rings (SSSR count). The molecule has 0 aromatic heterocycles. The maximum atomic E-state index is 9.25. The molecule has 0 heterocycles. The molecule has 0 spiro atoms. The second kappa shape index (κ2) is 8.50. The Balaban J connectivity index is 0. The highest BCUT2D eigenvalue weighted by Gasteiger charge is 1.82. The van der Waals surface area contributed by atoms with Crippen molar-refractivity contribution in [2.45, 2.75) is 13.8 Å². The molecule has 0 aromatic carbocycles. The van der Waals surface area contributed by atoms with Crippen molar-refractivity contribution in [1.29, 1.82) is 0 Å². The lowest BCUT2D eigenvalue weighted by Crippen LogP contribution is -1.83. The highest BCUT2D eigenvalue weighted by Crippen LogP contribution is 1.91. The van der Waals surface area contributed by atoms with Gasteiger partial charge >= 0.3 is 5.97 Å². The molecule has 0 saturated heterocycles. The Hall–Kier alpha value is -0.500. The minimum Gasteiger partial charge on any atom is -0.478 e. The van der Waals surface area contributed by atoms with Gasteiger partial charge in [-0.2, -0.15) is 0 Å². The quantitative estimate of drug-likeness (QED) is 0.502. The van der Waals surface area contributed by atoms with Crippen molar-refractivity contribution in [2.75, 3.05) is 5.88 Å². The molecule has 10 heavy (non-hydrogen) atoms. The van der Waals surface area contributed by atoms with Crippen molar-refractivity contribution in [3.05, 3.63) is 12.7 Å². The van der Waals surface area contributed by atoms with Crippen LogP contribution in [-0.4, -0.2) is 17.0 Å². The molecule has 60 valence electrons. The first kappa shape index (κ1) is 12.2. The second-order valence-electron chi connectivity index (χ2n) is 2.09. The summed E-state index contributed by atoms with van der Waals surface area (Å²) in [5.74, 6) is 0.446. The monoisotopic (exact) mass is 164 g/mol. The van der Waals surface area contributed by atoms with Gasteiger partial charge in [0.25, 0.3) is 0 Å². The van der Waals surface area contributed by atoms with E-state index in [4.69, 9.17) is 16.7 Å². The summed E-state index contributed by atoms with van der Waals surface area (Å²) in [6, 6.07) is 0. The van der Waals surface area contributed by atoms with Crippen LogP contribution in [0.25, 0.3) is 0 Å². The van der Waals surface area contributed by atoms with E-state index in [0.717, 1.165) is 12.0 Å².